The monoisotopic (exact) mass is 271 g/mol. The fourth-order valence-corrected chi connectivity index (χ4v) is 3.01. The minimum atomic E-state index is 0.576. The Morgan fingerprint density at radius 1 is 1.50 bits per heavy atom. The summed E-state index contributed by atoms with van der Waals surface area (Å²) < 4.78 is 0. The number of aromatic amines is 1. The molecule has 106 valence electrons. The molecule has 3 heterocycles. The molecular weight excluding hydrogens is 250 g/mol. The van der Waals surface area contributed by atoms with Gasteiger partial charge in [-0.1, -0.05) is 6.07 Å². The molecule has 1 aliphatic rings. The Morgan fingerprint density at radius 2 is 2.40 bits per heavy atom. The summed E-state index contributed by atoms with van der Waals surface area (Å²) in [6.45, 7) is 5.29. The van der Waals surface area contributed by atoms with Gasteiger partial charge in [0.2, 0.25) is 0 Å². The van der Waals surface area contributed by atoms with E-state index in [-0.39, 0.29) is 0 Å². The summed E-state index contributed by atoms with van der Waals surface area (Å²) in [6, 6.07) is 4.15. The molecule has 2 aromatic heterocycles. The van der Waals surface area contributed by atoms with E-state index in [0.717, 1.165) is 25.5 Å². The second-order valence-electron chi connectivity index (χ2n) is 5.45. The average Bonchev–Trinajstić information content (AvgIpc) is 3.08. The molecule has 0 saturated carbocycles. The maximum Gasteiger partial charge on any atom is 0.130 e. The van der Waals surface area contributed by atoms with E-state index >= 15 is 0 Å². The maximum atomic E-state index is 4.37. The van der Waals surface area contributed by atoms with Crippen LogP contribution in [0.1, 0.15) is 29.2 Å². The number of pyridine rings is 1. The Hall–Kier alpha value is -1.88. The van der Waals surface area contributed by atoms with Crippen molar-refractivity contribution < 1.29 is 0 Å². The van der Waals surface area contributed by atoms with Gasteiger partial charge >= 0.3 is 0 Å². The van der Waals surface area contributed by atoms with Crippen molar-refractivity contribution in [2.24, 2.45) is 0 Å². The molecule has 1 saturated heterocycles. The lowest BCUT2D eigenvalue weighted by atomic mass is 10.0. The Morgan fingerprint density at radius 3 is 3.15 bits per heavy atom. The zero-order chi connectivity index (χ0) is 13.9. The van der Waals surface area contributed by atoms with Crippen molar-refractivity contribution in [3.05, 3.63) is 41.3 Å². The molecule has 3 rings (SSSR count). The SMILES string of the molecule is CNc1ncccc1CN1CC[C@H](c2[nH]ncc2C)C1. The second kappa shape index (κ2) is 5.63. The lowest BCUT2D eigenvalue weighted by molar-refractivity contribution is 0.326. The normalized spacial score (nSPS) is 19.4. The predicted molar refractivity (Wildman–Crippen MR) is 79.7 cm³/mol. The number of H-pyrrole nitrogens is 1. The molecule has 2 N–H and O–H groups in total. The summed E-state index contributed by atoms with van der Waals surface area (Å²) in [5.41, 5.74) is 3.83. The fraction of sp³-hybridized carbons (Fsp3) is 0.467. The van der Waals surface area contributed by atoms with Crippen LogP contribution in [0.15, 0.2) is 24.5 Å². The van der Waals surface area contributed by atoms with Crippen molar-refractivity contribution in [2.75, 3.05) is 25.5 Å². The van der Waals surface area contributed by atoms with Crippen molar-refractivity contribution in [1.82, 2.24) is 20.1 Å². The van der Waals surface area contributed by atoms with E-state index in [0.29, 0.717) is 5.92 Å². The van der Waals surface area contributed by atoms with Gasteiger partial charge in [-0.3, -0.25) is 10.00 Å². The smallest absolute Gasteiger partial charge is 0.130 e. The van der Waals surface area contributed by atoms with Gasteiger partial charge < -0.3 is 5.32 Å². The average molecular weight is 271 g/mol. The molecule has 5 nitrogen and oxygen atoms in total. The van der Waals surface area contributed by atoms with Crippen molar-refractivity contribution in [3.8, 4) is 0 Å². The summed E-state index contributed by atoms with van der Waals surface area (Å²) in [5.74, 6) is 1.56. The molecule has 0 aliphatic carbocycles. The third kappa shape index (κ3) is 2.54. The summed E-state index contributed by atoms with van der Waals surface area (Å²) in [5, 5.41) is 10.5. The molecule has 5 heteroatoms. The molecule has 20 heavy (non-hydrogen) atoms. The molecule has 1 aliphatic heterocycles. The zero-order valence-electron chi connectivity index (χ0n) is 12.1. The Kier molecular flexibility index (Phi) is 3.69. The molecular formula is C15H21N5. The highest BCUT2D eigenvalue weighted by Gasteiger charge is 2.26. The van der Waals surface area contributed by atoms with E-state index in [2.05, 4.69) is 38.4 Å². The molecule has 0 unspecified atom stereocenters. The van der Waals surface area contributed by atoms with Gasteiger partial charge in [0.15, 0.2) is 0 Å². The van der Waals surface area contributed by atoms with Crippen LogP contribution in [-0.2, 0) is 6.54 Å². The number of likely N-dealkylation sites (tertiary alicyclic amines) is 1. The van der Waals surface area contributed by atoms with Crippen LogP contribution in [0.5, 0.6) is 0 Å². The van der Waals surface area contributed by atoms with Crippen LogP contribution in [0.2, 0.25) is 0 Å². The van der Waals surface area contributed by atoms with Crippen molar-refractivity contribution in [1.29, 1.82) is 0 Å². The highest BCUT2D eigenvalue weighted by molar-refractivity contribution is 5.42. The molecule has 0 aromatic carbocycles. The number of rotatable bonds is 4. The Labute approximate surface area is 119 Å². The summed E-state index contributed by atoms with van der Waals surface area (Å²) in [7, 11) is 1.92. The van der Waals surface area contributed by atoms with E-state index in [9.17, 15) is 0 Å². The van der Waals surface area contributed by atoms with Gasteiger partial charge in [-0.15, -0.1) is 0 Å². The van der Waals surface area contributed by atoms with Crippen molar-refractivity contribution >= 4 is 5.82 Å². The fourth-order valence-electron chi connectivity index (χ4n) is 3.01. The van der Waals surface area contributed by atoms with Gasteiger partial charge in [0, 0.05) is 43.5 Å². The predicted octanol–water partition coefficient (Wildman–Crippen LogP) is 2.14. The first-order valence-corrected chi connectivity index (χ1v) is 7.12. The molecule has 0 radical (unpaired) electrons. The highest BCUT2D eigenvalue weighted by Crippen LogP contribution is 2.29. The van der Waals surface area contributed by atoms with E-state index in [1.54, 1.807) is 0 Å². The first-order chi connectivity index (χ1) is 9.78. The van der Waals surface area contributed by atoms with Gasteiger partial charge in [0.25, 0.3) is 0 Å². The second-order valence-corrected chi connectivity index (χ2v) is 5.45. The van der Waals surface area contributed by atoms with Crippen LogP contribution in [0, 0.1) is 6.92 Å². The largest absolute Gasteiger partial charge is 0.373 e. The number of aromatic nitrogens is 3. The number of hydrogen-bond donors (Lipinski definition) is 2. The zero-order valence-corrected chi connectivity index (χ0v) is 12.1. The topological polar surface area (TPSA) is 56.8 Å². The number of nitrogens with zero attached hydrogens (tertiary/aromatic N) is 3. The number of aryl methyl sites for hydroxylation is 1. The van der Waals surface area contributed by atoms with Crippen LogP contribution in [-0.4, -0.2) is 40.2 Å². The van der Waals surface area contributed by atoms with Crippen LogP contribution in [0.4, 0.5) is 5.82 Å². The number of anilines is 1. The summed E-state index contributed by atoms with van der Waals surface area (Å²) in [6.07, 6.45) is 4.94. The van der Waals surface area contributed by atoms with Crippen LogP contribution in [0.25, 0.3) is 0 Å². The molecule has 0 spiro atoms. The standard InChI is InChI=1S/C15H21N5/c1-11-8-18-19-14(11)12-5-7-20(9-12)10-13-4-3-6-17-15(13)16-2/h3-4,6,8,12H,5,7,9-10H2,1-2H3,(H,16,17)(H,18,19)/t12-/m0/s1. The minimum absolute atomic E-state index is 0.576. The van der Waals surface area contributed by atoms with Gasteiger partial charge in [-0.05, 0) is 31.5 Å². The number of hydrogen-bond acceptors (Lipinski definition) is 4. The molecule has 1 fully saturated rings. The molecule has 1 atom stereocenters. The van der Waals surface area contributed by atoms with Crippen LogP contribution in [0.3, 0.4) is 0 Å². The summed E-state index contributed by atoms with van der Waals surface area (Å²) in [4.78, 5) is 6.86. The number of nitrogens with one attached hydrogen (secondary N) is 2. The molecule has 0 amide bonds. The summed E-state index contributed by atoms with van der Waals surface area (Å²) >= 11 is 0. The minimum Gasteiger partial charge on any atom is -0.373 e. The third-order valence-corrected chi connectivity index (χ3v) is 4.07. The first-order valence-electron chi connectivity index (χ1n) is 7.12. The van der Waals surface area contributed by atoms with Gasteiger partial charge in [0.05, 0.1) is 6.20 Å². The maximum absolute atomic E-state index is 4.37. The lowest BCUT2D eigenvalue weighted by Gasteiger charge is -2.17. The van der Waals surface area contributed by atoms with E-state index in [4.69, 9.17) is 0 Å². The van der Waals surface area contributed by atoms with E-state index in [1.165, 1.54) is 23.2 Å². The first kappa shape index (κ1) is 13.1. The van der Waals surface area contributed by atoms with E-state index in [1.807, 2.05) is 25.5 Å². The Bertz CT molecular complexity index is 577. The molecule has 0 bridgehead atoms. The van der Waals surface area contributed by atoms with Crippen molar-refractivity contribution in [3.63, 3.8) is 0 Å². The van der Waals surface area contributed by atoms with E-state index < -0.39 is 0 Å². The Balaban J connectivity index is 1.67. The van der Waals surface area contributed by atoms with Crippen LogP contribution >= 0.6 is 0 Å². The van der Waals surface area contributed by atoms with Crippen molar-refractivity contribution in [2.45, 2.75) is 25.8 Å². The quantitative estimate of drug-likeness (QED) is 0.894. The highest BCUT2D eigenvalue weighted by atomic mass is 15.2. The molecule has 2 aromatic rings. The lowest BCUT2D eigenvalue weighted by Crippen LogP contribution is -2.20. The third-order valence-electron chi connectivity index (χ3n) is 4.07. The van der Waals surface area contributed by atoms with Gasteiger partial charge in [-0.2, -0.15) is 5.10 Å². The van der Waals surface area contributed by atoms with Gasteiger partial charge in [0.1, 0.15) is 5.82 Å². The van der Waals surface area contributed by atoms with Gasteiger partial charge in [-0.25, -0.2) is 4.98 Å². The van der Waals surface area contributed by atoms with Crippen LogP contribution < -0.4 is 5.32 Å².